The molecule has 1 aliphatic carbocycles. The molecule has 10 heteroatoms. The van der Waals surface area contributed by atoms with Gasteiger partial charge in [0.25, 0.3) is 5.91 Å². The molecule has 0 atom stereocenters. The molecule has 3 N–H and O–H groups in total. The zero-order chi connectivity index (χ0) is 23.9. The van der Waals surface area contributed by atoms with Crippen molar-refractivity contribution in [2.75, 3.05) is 18.0 Å². The van der Waals surface area contributed by atoms with Crippen LogP contribution in [0.15, 0.2) is 53.2 Å². The van der Waals surface area contributed by atoms with Gasteiger partial charge in [0.1, 0.15) is 11.6 Å². The highest BCUT2D eigenvalue weighted by Crippen LogP contribution is 2.51. The van der Waals surface area contributed by atoms with Gasteiger partial charge in [-0.3, -0.25) is 9.69 Å². The standard InChI is InChI=1S/C24H24FN5O4/c25-17-4-1-15(2-5-17)16-3-6-21(27-12-16)29-8-7-24(14-29)10-18(11-24)30(23(32)33)13-19-9-20(22(26)31)28-34-19/h1-6,9,12,18H,7-8,10-11,13-14H2,(H2,26,31)(H,32,33). The number of carbonyl (C=O) groups is 2. The van der Waals surface area contributed by atoms with Gasteiger partial charge in [0.05, 0.1) is 6.54 Å². The predicted octanol–water partition coefficient (Wildman–Crippen LogP) is 3.51. The van der Waals surface area contributed by atoms with Gasteiger partial charge in [-0.15, -0.1) is 0 Å². The van der Waals surface area contributed by atoms with E-state index in [4.69, 9.17) is 10.3 Å². The molecule has 0 bridgehead atoms. The summed E-state index contributed by atoms with van der Waals surface area (Å²) in [6, 6.07) is 11.5. The number of primary amides is 1. The second-order valence-corrected chi connectivity index (χ2v) is 9.10. The summed E-state index contributed by atoms with van der Waals surface area (Å²) in [5.74, 6) is 0.176. The number of anilines is 1. The van der Waals surface area contributed by atoms with Crippen LogP contribution in [0, 0.1) is 11.2 Å². The smallest absolute Gasteiger partial charge is 0.407 e. The summed E-state index contributed by atoms with van der Waals surface area (Å²) in [5.41, 5.74) is 7.04. The Morgan fingerprint density at radius 2 is 1.94 bits per heavy atom. The normalized spacial score (nSPS) is 21.4. The number of carbonyl (C=O) groups excluding carboxylic acids is 1. The predicted molar refractivity (Wildman–Crippen MR) is 121 cm³/mol. The number of halogens is 1. The first-order chi connectivity index (χ1) is 16.3. The lowest BCUT2D eigenvalue weighted by Gasteiger charge is -2.48. The summed E-state index contributed by atoms with van der Waals surface area (Å²) < 4.78 is 18.2. The highest BCUT2D eigenvalue weighted by atomic mass is 19.1. The number of nitrogens with two attached hydrogens (primary N) is 1. The van der Waals surface area contributed by atoms with E-state index in [1.807, 2.05) is 12.1 Å². The second kappa shape index (κ2) is 8.44. The molecule has 34 heavy (non-hydrogen) atoms. The highest BCUT2D eigenvalue weighted by molar-refractivity contribution is 5.90. The molecule has 1 aromatic carbocycles. The van der Waals surface area contributed by atoms with E-state index >= 15 is 0 Å². The van der Waals surface area contributed by atoms with Crippen molar-refractivity contribution in [3.63, 3.8) is 0 Å². The lowest BCUT2D eigenvalue weighted by atomic mass is 9.64. The van der Waals surface area contributed by atoms with Crippen LogP contribution in [0.5, 0.6) is 0 Å². The van der Waals surface area contributed by atoms with Crippen LogP contribution in [0.2, 0.25) is 0 Å². The second-order valence-electron chi connectivity index (χ2n) is 9.10. The van der Waals surface area contributed by atoms with E-state index in [0.717, 1.165) is 49.3 Å². The fourth-order valence-corrected chi connectivity index (χ4v) is 5.03. The van der Waals surface area contributed by atoms with Gasteiger partial charge in [-0.25, -0.2) is 14.2 Å². The molecule has 1 saturated carbocycles. The zero-order valence-electron chi connectivity index (χ0n) is 18.4. The van der Waals surface area contributed by atoms with E-state index in [-0.39, 0.29) is 35.3 Å². The average molecular weight is 465 g/mol. The van der Waals surface area contributed by atoms with Crippen LogP contribution in [0.3, 0.4) is 0 Å². The van der Waals surface area contributed by atoms with Crippen molar-refractivity contribution < 1.29 is 23.6 Å². The van der Waals surface area contributed by atoms with E-state index in [1.54, 1.807) is 18.3 Å². The molecule has 3 heterocycles. The fraction of sp³-hybridized carbons (Fsp3) is 0.333. The number of amides is 2. The van der Waals surface area contributed by atoms with Crippen molar-refractivity contribution in [3.05, 3.63) is 65.9 Å². The molecule has 0 unspecified atom stereocenters. The SMILES string of the molecule is NC(=O)c1cc(CN(C(=O)O)C2CC3(CCN(c4ccc(-c5ccc(F)cc5)cn4)C3)C2)on1. The third kappa shape index (κ3) is 4.18. The molecule has 5 rings (SSSR count). The number of hydrogen-bond acceptors (Lipinski definition) is 6. The molecule has 2 aromatic heterocycles. The lowest BCUT2D eigenvalue weighted by Crippen LogP contribution is -2.53. The van der Waals surface area contributed by atoms with Crippen molar-refractivity contribution >= 4 is 17.8 Å². The molecule has 9 nitrogen and oxygen atoms in total. The van der Waals surface area contributed by atoms with E-state index in [9.17, 15) is 19.1 Å². The van der Waals surface area contributed by atoms with E-state index < -0.39 is 12.0 Å². The van der Waals surface area contributed by atoms with Gasteiger partial charge in [-0.05, 0) is 54.5 Å². The Morgan fingerprint density at radius 3 is 2.56 bits per heavy atom. The molecule has 0 radical (unpaired) electrons. The molecule has 1 aliphatic heterocycles. The third-order valence-electron chi connectivity index (χ3n) is 6.85. The van der Waals surface area contributed by atoms with Gasteiger partial charge in [0, 0.05) is 37.0 Å². The van der Waals surface area contributed by atoms with Crippen LogP contribution in [-0.4, -0.2) is 51.3 Å². The molecule has 176 valence electrons. The first-order valence-electron chi connectivity index (χ1n) is 11.0. The molecular formula is C24H24FN5O4. The molecule has 2 aliphatic rings. The molecule has 3 aromatic rings. The molecule has 2 fully saturated rings. The number of carboxylic acid groups (broad SMARTS) is 1. The summed E-state index contributed by atoms with van der Waals surface area (Å²) in [4.78, 5) is 31.2. The van der Waals surface area contributed by atoms with Gasteiger partial charge in [0.2, 0.25) is 0 Å². The Labute approximate surface area is 195 Å². The van der Waals surface area contributed by atoms with Crippen molar-refractivity contribution in [3.8, 4) is 11.1 Å². The maximum atomic E-state index is 13.2. The van der Waals surface area contributed by atoms with Gasteiger partial charge >= 0.3 is 6.09 Å². The summed E-state index contributed by atoms with van der Waals surface area (Å²) in [6.45, 7) is 1.69. The van der Waals surface area contributed by atoms with Crippen molar-refractivity contribution in [2.45, 2.75) is 31.8 Å². The summed E-state index contributed by atoms with van der Waals surface area (Å²) >= 11 is 0. The quantitative estimate of drug-likeness (QED) is 0.570. The van der Waals surface area contributed by atoms with E-state index in [0.29, 0.717) is 0 Å². The number of aromatic nitrogens is 2. The maximum Gasteiger partial charge on any atom is 0.407 e. The molecule has 1 saturated heterocycles. The van der Waals surface area contributed by atoms with Crippen molar-refractivity contribution in [2.24, 2.45) is 11.1 Å². The summed E-state index contributed by atoms with van der Waals surface area (Å²) in [6.07, 6.45) is 3.22. The topological polar surface area (TPSA) is 126 Å². The van der Waals surface area contributed by atoms with Gasteiger partial charge in [0.15, 0.2) is 11.5 Å². The first-order valence-corrected chi connectivity index (χ1v) is 11.0. The lowest BCUT2D eigenvalue weighted by molar-refractivity contribution is 0.0131. The summed E-state index contributed by atoms with van der Waals surface area (Å²) in [5, 5.41) is 13.3. The first kappa shape index (κ1) is 21.9. The van der Waals surface area contributed by atoms with Crippen LogP contribution in [0.1, 0.15) is 35.5 Å². The van der Waals surface area contributed by atoms with Crippen LogP contribution in [0.25, 0.3) is 11.1 Å². The average Bonchev–Trinajstić information content (AvgIpc) is 3.45. The molecular weight excluding hydrogens is 441 g/mol. The fourth-order valence-electron chi connectivity index (χ4n) is 5.03. The minimum atomic E-state index is -1.04. The minimum absolute atomic E-state index is 0.0187. The monoisotopic (exact) mass is 465 g/mol. The van der Waals surface area contributed by atoms with Crippen molar-refractivity contribution in [1.29, 1.82) is 0 Å². The Kier molecular flexibility index (Phi) is 5.43. The Morgan fingerprint density at radius 1 is 1.21 bits per heavy atom. The van der Waals surface area contributed by atoms with Crippen molar-refractivity contribution in [1.82, 2.24) is 15.0 Å². The highest BCUT2D eigenvalue weighted by Gasteiger charge is 2.51. The minimum Gasteiger partial charge on any atom is -0.465 e. The summed E-state index contributed by atoms with van der Waals surface area (Å²) in [7, 11) is 0. The number of rotatable bonds is 6. The van der Waals surface area contributed by atoms with E-state index in [1.165, 1.54) is 23.1 Å². The number of pyridine rings is 1. The Balaban J connectivity index is 1.20. The van der Waals surface area contributed by atoms with Gasteiger partial charge in [-0.1, -0.05) is 17.3 Å². The Bertz CT molecular complexity index is 1200. The number of benzene rings is 1. The number of nitrogens with zero attached hydrogens (tertiary/aromatic N) is 4. The number of hydrogen-bond donors (Lipinski definition) is 2. The van der Waals surface area contributed by atoms with Crippen LogP contribution in [0.4, 0.5) is 15.0 Å². The molecule has 1 spiro atoms. The van der Waals surface area contributed by atoms with Gasteiger partial charge in [-0.2, -0.15) is 0 Å². The molecule has 2 amide bonds. The Hall–Kier alpha value is -3.95. The maximum absolute atomic E-state index is 13.2. The van der Waals surface area contributed by atoms with Crippen LogP contribution in [-0.2, 0) is 6.54 Å². The van der Waals surface area contributed by atoms with Crippen LogP contribution < -0.4 is 10.6 Å². The van der Waals surface area contributed by atoms with Crippen LogP contribution >= 0.6 is 0 Å². The third-order valence-corrected chi connectivity index (χ3v) is 6.85. The largest absolute Gasteiger partial charge is 0.465 e. The van der Waals surface area contributed by atoms with Gasteiger partial charge < -0.3 is 20.3 Å². The zero-order valence-corrected chi connectivity index (χ0v) is 18.4. The van der Waals surface area contributed by atoms with E-state index in [2.05, 4.69) is 15.0 Å².